The molecule has 1 fully saturated rings. The molecule has 0 aromatic rings. The van der Waals surface area contributed by atoms with Gasteiger partial charge in [0.2, 0.25) is 0 Å². The Hall–Kier alpha value is 0.110. The molecule has 1 aliphatic carbocycles. The average molecular weight is 273 g/mol. The first-order valence-electron chi connectivity index (χ1n) is 7.75. The lowest BCUT2D eigenvalue weighted by Gasteiger charge is -2.21. The predicted octanol–water partition coefficient (Wildman–Crippen LogP) is 3.34. The van der Waals surface area contributed by atoms with Crippen LogP contribution in [0.4, 0.5) is 0 Å². The van der Waals surface area contributed by atoms with Gasteiger partial charge in [0.15, 0.2) is 0 Å². The summed E-state index contributed by atoms with van der Waals surface area (Å²) in [4.78, 5) is 0. The second-order valence-corrected chi connectivity index (χ2v) is 7.49. The van der Waals surface area contributed by atoms with E-state index in [0.29, 0.717) is 12.0 Å². The molecule has 0 spiro atoms. The molecule has 0 amide bonds. The highest BCUT2D eigenvalue weighted by atomic mass is 32.2. The molecule has 1 aliphatic rings. The molecule has 0 heterocycles. The van der Waals surface area contributed by atoms with Gasteiger partial charge in [-0.05, 0) is 44.1 Å². The summed E-state index contributed by atoms with van der Waals surface area (Å²) in [7, 11) is -0.594. The summed E-state index contributed by atoms with van der Waals surface area (Å²) in [5.41, 5.74) is 0. The number of hydrogen-bond acceptors (Lipinski definition) is 2. The molecule has 1 N–H and O–H groups in total. The van der Waals surface area contributed by atoms with Gasteiger partial charge in [-0.2, -0.15) is 0 Å². The van der Waals surface area contributed by atoms with E-state index in [1.807, 2.05) is 0 Å². The normalized spacial score (nSPS) is 27.3. The number of hydrogen-bond donors (Lipinski definition) is 1. The van der Waals surface area contributed by atoms with Crippen molar-refractivity contribution in [2.75, 3.05) is 18.1 Å². The van der Waals surface area contributed by atoms with E-state index in [4.69, 9.17) is 0 Å². The van der Waals surface area contributed by atoms with E-state index in [1.54, 1.807) is 0 Å². The molecule has 1 saturated carbocycles. The standard InChI is InChI=1S/C15H31NOS/c1-4-10-16-15-8-6-7-14(15)9-11-18(17)12-13(3)5-2/h13-16H,4-12H2,1-3H3. The Bertz CT molecular complexity index is 245. The van der Waals surface area contributed by atoms with Gasteiger partial charge in [-0.25, -0.2) is 0 Å². The second-order valence-electron chi connectivity index (χ2n) is 5.86. The van der Waals surface area contributed by atoms with Crippen molar-refractivity contribution >= 4 is 10.8 Å². The van der Waals surface area contributed by atoms with Crippen molar-refractivity contribution in [3.63, 3.8) is 0 Å². The molecule has 18 heavy (non-hydrogen) atoms. The van der Waals surface area contributed by atoms with E-state index in [-0.39, 0.29) is 0 Å². The summed E-state index contributed by atoms with van der Waals surface area (Å²) in [6, 6.07) is 0.700. The van der Waals surface area contributed by atoms with Gasteiger partial charge in [-0.1, -0.05) is 33.6 Å². The molecule has 0 aromatic carbocycles. The Morgan fingerprint density at radius 1 is 1.33 bits per heavy atom. The van der Waals surface area contributed by atoms with Gasteiger partial charge in [0, 0.05) is 28.3 Å². The fourth-order valence-corrected chi connectivity index (χ4v) is 4.38. The Kier molecular flexibility index (Phi) is 8.16. The monoisotopic (exact) mass is 273 g/mol. The lowest BCUT2D eigenvalue weighted by molar-refractivity contribution is 0.392. The minimum atomic E-state index is -0.594. The third kappa shape index (κ3) is 5.83. The summed E-state index contributed by atoms with van der Waals surface area (Å²) >= 11 is 0. The topological polar surface area (TPSA) is 29.1 Å². The highest BCUT2D eigenvalue weighted by Crippen LogP contribution is 2.28. The van der Waals surface area contributed by atoms with Gasteiger partial charge in [0.05, 0.1) is 0 Å². The fourth-order valence-electron chi connectivity index (χ4n) is 2.78. The van der Waals surface area contributed by atoms with E-state index < -0.39 is 10.8 Å². The Labute approximate surface area is 116 Å². The molecular weight excluding hydrogens is 242 g/mol. The van der Waals surface area contributed by atoms with Crippen molar-refractivity contribution < 1.29 is 4.21 Å². The van der Waals surface area contributed by atoms with E-state index >= 15 is 0 Å². The van der Waals surface area contributed by atoms with Gasteiger partial charge in [0.25, 0.3) is 0 Å². The molecule has 2 nitrogen and oxygen atoms in total. The van der Waals surface area contributed by atoms with Crippen LogP contribution in [0.1, 0.15) is 59.3 Å². The van der Waals surface area contributed by atoms with Crippen LogP contribution < -0.4 is 5.32 Å². The van der Waals surface area contributed by atoms with Crippen molar-refractivity contribution in [1.29, 1.82) is 0 Å². The predicted molar refractivity (Wildman–Crippen MR) is 81.4 cm³/mol. The third-order valence-electron chi connectivity index (χ3n) is 4.20. The smallest absolute Gasteiger partial charge is 0.0260 e. The van der Waals surface area contributed by atoms with Crippen molar-refractivity contribution in [2.24, 2.45) is 11.8 Å². The maximum absolute atomic E-state index is 12.0. The highest BCUT2D eigenvalue weighted by molar-refractivity contribution is 7.84. The number of nitrogens with one attached hydrogen (secondary N) is 1. The van der Waals surface area contributed by atoms with Crippen LogP contribution in [0, 0.1) is 11.8 Å². The first-order valence-corrected chi connectivity index (χ1v) is 9.24. The summed E-state index contributed by atoms with van der Waals surface area (Å²) in [5, 5.41) is 3.66. The molecule has 108 valence electrons. The maximum Gasteiger partial charge on any atom is 0.0260 e. The molecule has 0 aliphatic heterocycles. The quantitative estimate of drug-likeness (QED) is 0.698. The SMILES string of the molecule is CCCNC1CCCC1CCS(=O)CC(C)CC. The van der Waals surface area contributed by atoms with Crippen molar-refractivity contribution in [2.45, 2.75) is 65.3 Å². The molecule has 4 unspecified atom stereocenters. The van der Waals surface area contributed by atoms with Gasteiger partial charge < -0.3 is 5.32 Å². The molecule has 0 saturated heterocycles. The van der Waals surface area contributed by atoms with Crippen LogP contribution >= 0.6 is 0 Å². The van der Waals surface area contributed by atoms with Crippen LogP contribution in [0.15, 0.2) is 0 Å². The van der Waals surface area contributed by atoms with Crippen molar-refractivity contribution in [1.82, 2.24) is 5.32 Å². The minimum Gasteiger partial charge on any atom is -0.314 e. The highest BCUT2D eigenvalue weighted by Gasteiger charge is 2.26. The third-order valence-corrected chi connectivity index (χ3v) is 5.83. The minimum absolute atomic E-state index is 0.594. The van der Waals surface area contributed by atoms with Crippen LogP contribution in [0.25, 0.3) is 0 Å². The zero-order valence-corrected chi connectivity index (χ0v) is 13.2. The zero-order valence-electron chi connectivity index (χ0n) is 12.4. The number of rotatable bonds is 9. The van der Waals surface area contributed by atoms with Gasteiger partial charge in [-0.3, -0.25) is 4.21 Å². The van der Waals surface area contributed by atoms with Gasteiger partial charge in [-0.15, -0.1) is 0 Å². The molecular formula is C15H31NOS. The second kappa shape index (κ2) is 9.08. The molecule has 1 rings (SSSR count). The summed E-state index contributed by atoms with van der Waals surface area (Å²) in [6.45, 7) is 7.75. The van der Waals surface area contributed by atoms with E-state index in [2.05, 4.69) is 26.1 Å². The van der Waals surface area contributed by atoms with E-state index in [9.17, 15) is 4.21 Å². The molecule has 4 atom stereocenters. The Morgan fingerprint density at radius 2 is 2.11 bits per heavy atom. The zero-order chi connectivity index (χ0) is 13.4. The summed E-state index contributed by atoms with van der Waals surface area (Å²) in [5.74, 6) is 3.20. The molecule has 0 radical (unpaired) electrons. The summed E-state index contributed by atoms with van der Waals surface area (Å²) in [6.07, 6.45) is 7.53. The lowest BCUT2D eigenvalue weighted by Crippen LogP contribution is -2.33. The van der Waals surface area contributed by atoms with Crippen LogP contribution in [0.5, 0.6) is 0 Å². The first kappa shape index (κ1) is 16.2. The van der Waals surface area contributed by atoms with Crippen LogP contribution in [-0.4, -0.2) is 28.3 Å². The van der Waals surface area contributed by atoms with Crippen molar-refractivity contribution in [3.05, 3.63) is 0 Å². The van der Waals surface area contributed by atoms with E-state index in [1.165, 1.54) is 25.7 Å². The van der Waals surface area contributed by atoms with Crippen molar-refractivity contribution in [3.8, 4) is 0 Å². The maximum atomic E-state index is 12.0. The summed E-state index contributed by atoms with van der Waals surface area (Å²) < 4.78 is 12.0. The molecule has 0 aromatic heterocycles. The van der Waals surface area contributed by atoms with E-state index in [0.717, 1.165) is 36.8 Å². The largest absolute Gasteiger partial charge is 0.314 e. The Morgan fingerprint density at radius 3 is 2.78 bits per heavy atom. The van der Waals surface area contributed by atoms with Crippen LogP contribution in [-0.2, 0) is 10.8 Å². The average Bonchev–Trinajstić information content (AvgIpc) is 2.81. The van der Waals surface area contributed by atoms with Crippen LogP contribution in [0.3, 0.4) is 0 Å². The van der Waals surface area contributed by atoms with Gasteiger partial charge >= 0.3 is 0 Å². The Balaban J connectivity index is 2.22. The molecule has 0 bridgehead atoms. The molecule has 3 heteroatoms. The van der Waals surface area contributed by atoms with Crippen LogP contribution in [0.2, 0.25) is 0 Å². The first-order chi connectivity index (χ1) is 8.67. The fraction of sp³-hybridized carbons (Fsp3) is 1.00. The van der Waals surface area contributed by atoms with Gasteiger partial charge in [0.1, 0.15) is 0 Å². The lowest BCUT2D eigenvalue weighted by atomic mass is 10.0.